The molecule has 0 bridgehead atoms. The van der Waals surface area contributed by atoms with Crippen molar-refractivity contribution in [2.45, 2.75) is 104 Å². The van der Waals surface area contributed by atoms with Gasteiger partial charge in [-0.15, -0.1) is 0 Å². The van der Waals surface area contributed by atoms with Crippen LogP contribution in [0.5, 0.6) is 0 Å². The smallest absolute Gasteiger partial charge is 0.251 e. The van der Waals surface area contributed by atoms with Crippen LogP contribution < -0.4 is 0 Å². The molecule has 4 fully saturated rings. The zero-order valence-corrected chi connectivity index (χ0v) is 22.0. The number of hydrogen-bond acceptors (Lipinski definition) is 3. The van der Waals surface area contributed by atoms with Gasteiger partial charge in [-0.3, -0.25) is 4.79 Å². The fourth-order valence-corrected chi connectivity index (χ4v) is 9.74. The van der Waals surface area contributed by atoms with E-state index in [1.54, 1.807) is 5.57 Å². The topological polar surface area (TPSA) is 43.8 Å². The largest absolute Gasteiger partial charge is 0.383 e. The molecule has 0 aromatic carbocycles. The first kappa shape index (κ1) is 23.9. The second kappa shape index (κ2) is 8.36. The molecule has 5 aliphatic rings. The fourth-order valence-electron chi connectivity index (χ4n) is 9.74. The number of allylic oxidation sites excluding steroid dienone is 1. The lowest BCUT2D eigenvalue weighted by molar-refractivity contribution is -0.142. The Bertz CT molecular complexity index is 807. The molecule has 0 radical (unpaired) electrons. The van der Waals surface area contributed by atoms with Crippen LogP contribution in [-0.2, 0) is 4.79 Å². The number of nitrogens with zero attached hydrogens (tertiary/aromatic N) is 2. The standard InChI is InChI=1S/C29H48N2O2/c1-18(2)15-26(32)27(33)31(6)21-11-13-28(4)20(16-21)7-8-22-24(28)12-14-29-17-30(5)19(3)23(29)9-10-25(22)29/h7,18-19,21-26,32H,8-17H2,1-6H3/t19-,21-,22+,23+,24-,25?,26?,28?,29-/m0/s1. The second-order valence-corrected chi connectivity index (χ2v) is 13.4. The predicted octanol–water partition coefficient (Wildman–Crippen LogP) is 5.11. The number of aliphatic hydroxyl groups is 1. The molecule has 9 atom stereocenters. The first-order valence-electron chi connectivity index (χ1n) is 13.9. The van der Waals surface area contributed by atoms with Crippen LogP contribution in [0.25, 0.3) is 0 Å². The van der Waals surface area contributed by atoms with Crippen LogP contribution in [0.2, 0.25) is 0 Å². The van der Waals surface area contributed by atoms with Crippen LogP contribution in [-0.4, -0.2) is 59.6 Å². The van der Waals surface area contributed by atoms with Gasteiger partial charge < -0.3 is 14.9 Å². The Kier molecular flexibility index (Phi) is 6.04. The minimum Gasteiger partial charge on any atom is -0.383 e. The molecule has 33 heavy (non-hydrogen) atoms. The lowest BCUT2D eigenvalue weighted by Gasteiger charge is -2.58. The van der Waals surface area contributed by atoms with Gasteiger partial charge in [-0.2, -0.15) is 0 Å². The minimum atomic E-state index is -0.857. The van der Waals surface area contributed by atoms with Crippen molar-refractivity contribution < 1.29 is 9.90 Å². The van der Waals surface area contributed by atoms with Crippen molar-refractivity contribution in [3.63, 3.8) is 0 Å². The summed E-state index contributed by atoms with van der Waals surface area (Å²) in [7, 11) is 4.28. The Morgan fingerprint density at radius 2 is 1.91 bits per heavy atom. The molecule has 0 aromatic rings. The summed E-state index contributed by atoms with van der Waals surface area (Å²) in [5.41, 5.74) is 2.53. The van der Waals surface area contributed by atoms with Gasteiger partial charge in [0.2, 0.25) is 0 Å². The van der Waals surface area contributed by atoms with E-state index in [0.29, 0.717) is 23.2 Å². The van der Waals surface area contributed by atoms with E-state index in [1.807, 2.05) is 11.9 Å². The minimum absolute atomic E-state index is 0.0809. The molecule has 1 aliphatic heterocycles. The van der Waals surface area contributed by atoms with Crippen LogP contribution in [0.1, 0.15) is 85.5 Å². The molecule has 1 N–H and O–H groups in total. The fraction of sp³-hybridized carbons (Fsp3) is 0.897. The van der Waals surface area contributed by atoms with Crippen molar-refractivity contribution in [1.82, 2.24) is 9.80 Å². The number of likely N-dealkylation sites (N-methyl/N-ethyl adjacent to an activating group) is 1. The van der Waals surface area contributed by atoms with Crippen molar-refractivity contribution in [2.75, 3.05) is 20.6 Å². The van der Waals surface area contributed by atoms with Gasteiger partial charge in [0, 0.05) is 25.7 Å². The van der Waals surface area contributed by atoms with Crippen molar-refractivity contribution in [3.05, 3.63) is 11.6 Å². The third-order valence-electron chi connectivity index (χ3n) is 11.6. The van der Waals surface area contributed by atoms with Gasteiger partial charge in [-0.05, 0) is 112 Å². The number of rotatable bonds is 4. The molecule has 1 amide bonds. The predicted molar refractivity (Wildman–Crippen MR) is 134 cm³/mol. The van der Waals surface area contributed by atoms with Crippen LogP contribution >= 0.6 is 0 Å². The summed E-state index contributed by atoms with van der Waals surface area (Å²) >= 11 is 0. The summed E-state index contributed by atoms with van der Waals surface area (Å²) in [5, 5.41) is 10.4. The maximum Gasteiger partial charge on any atom is 0.251 e. The quantitative estimate of drug-likeness (QED) is 0.598. The number of fused-ring (bicyclic) bond motifs is 4. The normalized spacial score (nSPS) is 45.6. The Morgan fingerprint density at radius 3 is 2.64 bits per heavy atom. The SMILES string of the molecule is CC(C)CC(O)C(=O)N(C)[C@H]1CCC2(C)C(=CC[C@H]3C4CC[C@@H]5[C@H](C)N(C)C[C@]45CC[C@@H]32)C1. The molecule has 1 spiro atoms. The molecule has 4 aliphatic carbocycles. The van der Waals surface area contributed by atoms with E-state index in [0.717, 1.165) is 42.6 Å². The third kappa shape index (κ3) is 3.56. The Hall–Kier alpha value is -0.870. The van der Waals surface area contributed by atoms with Gasteiger partial charge in [-0.1, -0.05) is 32.4 Å². The lowest BCUT2D eigenvalue weighted by atomic mass is 9.47. The highest BCUT2D eigenvalue weighted by Gasteiger charge is 2.64. The summed E-state index contributed by atoms with van der Waals surface area (Å²) in [6.45, 7) is 10.5. The van der Waals surface area contributed by atoms with E-state index in [9.17, 15) is 9.90 Å². The van der Waals surface area contributed by atoms with Gasteiger partial charge >= 0.3 is 0 Å². The van der Waals surface area contributed by atoms with Crippen LogP contribution in [0, 0.1) is 40.4 Å². The Balaban J connectivity index is 1.32. The van der Waals surface area contributed by atoms with Gasteiger partial charge in [0.15, 0.2) is 0 Å². The average molecular weight is 457 g/mol. The van der Waals surface area contributed by atoms with Gasteiger partial charge in [-0.25, -0.2) is 0 Å². The average Bonchev–Trinajstić information content (AvgIpc) is 3.25. The Morgan fingerprint density at radius 1 is 1.18 bits per heavy atom. The molecule has 3 unspecified atom stereocenters. The number of likely N-dealkylation sites (tertiary alicyclic amines) is 1. The summed E-state index contributed by atoms with van der Waals surface area (Å²) in [6, 6.07) is 0.997. The molecule has 4 nitrogen and oxygen atoms in total. The zero-order chi connectivity index (χ0) is 23.7. The maximum absolute atomic E-state index is 12.9. The van der Waals surface area contributed by atoms with Crippen molar-refractivity contribution >= 4 is 5.91 Å². The second-order valence-electron chi connectivity index (χ2n) is 13.4. The molecular formula is C29H48N2O2. The van der Waals surface area contributed by atoms with E-state index in [2.05, 4.69) is 45.7 Å². The first-order chi connectivity index (χ1) is 15.6. The van der Waals surface area contributed by atoms with Crippen molar-refractivity contribution in [3.8, 4) is 0 Å². The zero-order valence-electron chi connectivity index (χ0n) is 22.0. The highest BCUT2D eigenvalue weighted by molar-refractivity contribution is 5.80. The van der Waals surface area contributed by atoms with Crippen molar-refractivity contribution in [1.29, 1.82) is 0 Å². The van der Waals surface area contributed by atoms with E-state index in [4.69, 9.17) is 0 Å². The first-order valence-corrected chi connectivity index (χ1v) is 13.9. The number of carbonyl (C=O) groups excluding carboxylic acids is 1. The molecule has 186 valence electrons. The summed E-state index contributed by atoms with van der Waals surface area (Å²) in [6.07, 6.45) is 12.6. The molecule has 0 aromatic heterocycles. The Labute approximate surface area is 202 Å². The highest BCUT2D eigenvalue weighted by atomic mass is 16.3. The van der Waals surface area contributed by atoms with Gasteiger partial charge in [0.25, 0.3) is 5.91 Å². The molecular weight excluding hydrogens is 408 g/mol. The number of aliphatic hydroxyl groups excluding tert-OH is 1. The van der Waals surface area contributed by atoms with Crippen LogP contribution in [0.4, 0.5) is 0 Å². The molecule has 1 heterocycles. The lowest BCUT2D eigenvalue weighted by Crippen LogP contribution is -2.53. The van der Waals surface area contributed by atoms with E-state index in [-0.39, 0.29) is 11.9 Å². The number of amides is 1. The van der Waals surface area contributed by atoms with Crippen LogP contribution in [0.3, 0.4) is 0 Å². The van der Waals surface area contributed by atoms with Crippen LogP contribution in [0.15, 0.2) is 11.6 Å². The molecule has 3 saturated carbocycles. The van der Waals surface area contributed by atoms with Gasteiger partial charge in [0.1, 0.15) is 6.10 Å². The summed E-state index contributed by atoms with van der Waals surface area (Å²) in [4.78, 5) is 17.4. The summed E-state index contributed by atoms with van der Waals surface area (Å²) in [5.74, 6) is 3.76. The van der Waals surface area contributed by atoms with Gasteiger partial charge in [0.05, 0.1) is 0 Å². The van der Waals surface area contributed by atoms with E-state index < -0.39 is 6.10 Å². The molecule has 5 rings (SSSR count). The number of carbonyl (C=O) groups is 1. The van der Waals surface area contributed by atoms with E-state index >= 15 is 0 Å². The monoisotopic (exact) mass is 456 g/mol. The van der Waals surface area contributed by atoms with Crippen molar-refractivity contribution in [2.24, 2.45) is 40.4 Å². The maximum atomic E-state index is 12.9. The van der Waals surface area contributed by atoms with E-state index in [1.165, 1.54) is 45.1 Å². The summed E-state index contributed by atoms with van der Waals surface area (Å²) < 4.78 is 0. The number of hydrogen-bond donors (Lipinski definition) is 1. The third-order valence-corrected chi connectivity index (χ3v) is 11.6. The molecule has 4 heteroatoms. The molecule has 1 saturated heterocycles. The highest BCUT2D eigenvalue weighted by Crippen LogP contribution is 2.68.